The number of carbonyl (C=O) groups is 1. The number of ether oxygens (including phenoxy) is 1. The normalized spacial score (nSPS) is 18.0. The second-order valence-corrected chi connectivity index (χ2v) is 6.16. The van der Waals surface area contributed by atoms with Crippen molar-refractivity contribution < 1.29 is 13.9 Å². The number of benzene rings is 2. The van der Waals surface area contributed by atoms with E-state index in [2.05, 4.69) is 12.1 Å². The van der Waals surface area contributed by atoms with Crippen molar-refractivity contribution in [3.8, 4) is 5.75 Å². The summed E-state index contributed by atoms with van der Waals surface area (Å²) < 4.78 is 18.9. The van der Waals surface area contributed by atoms with Crippen LogP contribution in [-0.2, 0) is 4.79 Å². The molecule has 1 amide bonds. The summed E-state index contributed by atoms with van der Waals surface area (Å²) in [6, 6.07) is 16.5. The Balaban J connectivity index is 1.62. The van der Waals surface area contributed by atoms with Gasteiger partial charge >= 0.3 is 0 Å². The fraction of sp³-hybridized carbons (Fsp3) is 0.350. The van der Waals surface area contributed by atoms with Gasteiger partial charge in [-0.2, -0.15) is 0 Å². The predicted octanol–water partition coefficient (Wildman–Crippen LogP) is 4.00. The fourth-order valence-electron chi connectivity index (χ4n) is 3.16. The molecule has 0 aliphatic carbocycles. The number of carbonyl (C=O) groups excluding carboxylic acids is 1. The highest BCUT2D eigenvalue weighted by molar-refractivity contribution is 5.77. The molecule has 0 N–H and O–H groups in total. The summed E-state index contributed by atoms with van der Waals surface area (Å²) in [5.74, 6) is -0.0456. The Kier molecular flexibility index (Phi) is 5.47. The van der Waals surface area contributed by atoms with Gasteiger partial charge in [0.1, 0.15) is 0 Å². The van der Waals surface area contributed by atoms with E-state index in [4.69, 9.17) is 4.74 Å². The molecule has 1 saturated heterocycles. The second kappa shape index (κ2) is 7.95. The largest absolute Gasteiger partial charge is 0.481 e. The zero-order valence-corrected chi connectivity index (χ0v) is 13.7. The Hall–Kier alpha value is -2.36. The van der Waals surface area contributed by atoms with E-state index in [1.165, 1.54) is 17.7 Å². The van der Waals surface area contributed by atoms with E-state index in [0.717, 1.165) is 25.8 Å². The van der Waals surface area contributed by atoms with Crippen molar-refractivity contribution in [1.29, 1.82) is 0 Å². The Bertz CT molecular complexity index is 674. The molecule has 126 valence electrons. The molecule has 0 bridgehead atoms. The quantitative estimate of drug-likeness (QED) is 0.849. The molecule has 1 atom stereocenters. The van der Waals surface area contributed by atoms with E-state index in [1.807, 2.05) is 23.1 Å². The first-order chi connectivity index (χ1) is 11.7. The van der Waals surface area contributed by atoms with Gasteiger partial charge in [-0.1, -0.05) is 48.9 Å². The van der Waals surface area contributed by atoms with E-state index >= 15 is 0 Å². The fourth-order valence-corrected chi connectivity index (χ4v) is 3.16. The standard InChI is InChI=1S/C20H22FNO2/c21-18-11-4-5-12-19(18)24-15-20(23)22-13-7-6-10-17(14-22)16-8-2-1-3-9-16/h1-5,8-9,11-12,17H,6-7,10,13-15H2. The summed E-state index contributed by atoms with van der Waals surface area (Å²) in [7, 11) is 0. The number of hydrogen-bond acceptors (Lipinski definition) is 2. The molecule has 2 aromatic carbocycles. The van der Waals surface area contributed by atoms with Gasteiger partial charge in [0.25, 0.3) is 5.91 Å². The van der Waals surface area contributed by atoms with Crippen LogP contribution in [0.15, 0.2) is 54.6 Å². The number of amides is 1. The van der Waals surface area contributed by atoms with Gasteiger partial charge in [-0.15, -0.1) is 0 Å². The van der Waals surface area contributed by atoms with Gasteiger partial charge in [-0.25, -0.2) is 4.39 Å². The summed E-state index contributed by atoms with van der Waals surface area (Å²) in [5, 5.41) is 0. The van der Waals surface area contributed by atoms with Crippen LogP contribution in [0.3, 0.4) is 0 Å². The summed E-state index contributed by atoms with van der Waals surface area (Å²) >= 11 is 0. The molecule has 24 heavy (non-hydrogen) atoms. The van der Waals surface area contributed by atoms with Crippen molar-refractivity contribution in [3.05, 3.63) is 66.0 Å². The van der Waals surface area contributed by atoms with Crippen molar-refractivity contribution in [2.24, 2.45) is 0 Å². The highest BCUT2D eigenvalue weighted by Gasteiger charge is 2.23. The van der Waals surface area contributed by atoms with E-state index < -0.39 is 5.82 Å². The summed E-state index contributed by atoms with van der Waals surface area (Å²) in [5.41, 5.74) is 1.27. The minimum absolute atomic E-state index is 0.0823. The van der Waals surface area contributed by atoms with Crippen molar-refractivity contribution in [2.45, 2.75) is 25.2 Å². The number of nitrogens with zero attached hydrogens (tertiary/aromatic N) is 1. The van der Waals surface area contributed by atoms with E-state index in [1.54, 1.807) is 12.1 Å². The SMILES string of the molecule is O=C(COc1ccccc1F)N1CCCCC(c2ccccc2)C1. The Morgan fingerprint density at radius 2 is 1.83 bits per heavy atom. The molecule has 0 radical (unpaired) electrons. The topological polar surface area (TPSA) is 29.5 Å². The molecule has 1 heterocycles. The van der Waals surface area contributed by atoms with E-state index in [9.17, 15) is 9.18 Å². The zero-order valence-electron chi connectivity index (χ0n) is 13.7. The van der Waals surface area contributed by atoms with E-state index in [-0.39, 0.29) is 18.3 Å². The minimum Gasteiger partial charge on any atom is -0.481 e. The van der Waals surface area contributed by atoms with Crippen LogP contribution >= 0.6 is 0 Å². The van der Waals surface area contributed by atoms with Crippen LogP contribution in [0, 0.1) is 5.82 Å². The molecule has 1 unspecified atom stereocenters. The summed E-state index contributed by atoms with van der Waals surface area (Å²) in [4.78, 5) is 14.3. The first-order valence-corrected chi connectivity index (χ1v) is 8.44. The molecule has 3 nitrogen and oxygen atoms in total. The van der Waals surface area contributed by atoms with Gasteiger partial charge in [-0.05, 0) is 30.5 Å². The third-order valence-electron chi connectivity index (χ3n) is 4.48. The Labute approximate surface area is 142 Å². The maximum absolute atomic E-state index is 13.6. The van der Waals surface area contributed by atoms with Crippen LogP contribution in [0.4, 0.5) is 4.39 Å². The molecular weight excluding hydrogens is 305 g/mol. The van der Waals surface area contributed by atoms with Crippen molar-refractivity contribution in [3.63, 3.8) is 0 Å². The molecule has 1 aliphatic heterocycles. The monoisotopic (exact) mass is 327 g/mol. The van der Waals surface area contributed by atoms with Crippen LogP contribution in [0.1, 0.15) is 30.7 Å². The number of hydrogen-bond donors (Lipinski definition) is 0. The first-order valence-electron chi connectivity index (χ1n) is 8.44. The molecular formula is C20H22FNO2. The van der Waals surface area contributed by atoms with Gasteiger partial charge in [0, 0.05) is 19.0 Å². The number of likely N-dealkylation sites (tertiary alicyclic amines) is 1. The molecule has 0 spiro atoms. The first kappa shape index (κ1) is 16.5. The highest BCUT2D eigenvalue weighted by atomic mass is 19.1. The van der Waals surface area contributed by atoms with Gasteiger partial charge in [0.15, 0.2) is 18.2 Å². The second-order valence-electron chi connectivity index (χ2n) is 6.16. The molecule has 0 saturated carbocycles. The van der Waals surface area contributed by atoms with Gasteiger partial charge < -0.3 is 9.64 Å². The minimum atomic E-state index is -0.441. The highest BCUT2D eigenvalue weighted by Crippen LogP contribution is 2.26. The predicted molar refractivity (Wildman–Crippen MR) is 91.5 cm³/mol. The van der Waals surface area contributed by atoms with E-state index in [0.29, 0.717) is 12.5 Å². The molecule has 3 rings (SSSR count). The molecule has 0 aromatic heterocycles. The lowest BCUT2D eigenvalue weighted by Crippen LogP contribution is -2.37. The van der Waals surface area contributed by atoms with Gasteiger partial charge in [-0.3, -0.25) is 4.79 Å². The average Bonchev–Trinajstić information content (AvgIpc) is 2.88. The van der Waals surface area contributed by atoms with Crippen LogP contribution in [0.2, 0.25) is 0 Å². The lowest BCUT2D eigenvalue weighted by Gasteiger charge is -2.25. The Morgan fingerprint density at radius 3 is 2.62 bits per heavy atom. The lowest BCUT2D eigenvalue weighted by atomic mass is 9.94. The zero-order chi connectivity index (χ0) is 16.8. The van der Waals surface area contributed by atoms with Crippen molar-refractivity contribution in [1.82, 2.24) is 4.90 Å². The van der Waals surface area contributed by atoms with Crippen LogP contribution in [0.5, 0.6) is 5.75 Å². The van der Waals surface area contributed by atoms with Gasteiger partial charge in [0.05, 0.1) is 0 Å². The van der Waals surface area contributed by atoms with Crippen LogP contribution in [0.25, 0.3) is 0 Å². The van der Waals surface area contributed by atoms with Crippen molar-refractivity contribution >= 4 is 5.91 Å². The summed E-state index contributed by atoms with van der Waals surface area (Å²) in [6.07, 6.45) is 3.19. The molecule has 1 fully saturated rings. The maximum Gasteiger partial charge on any atom is 0.260 e. The Morgan fingerprint density at radius 1 is 1.08 bits per heavy atom. The smallest absolute Gasteiger partial charge is 0.260 e. The number of para-hydroxylation sites is 1. The van der Waals surface area contributed by atoms with Crippen LogP contribution in [-0.4, -0.2) is 30.5 Å². The van der Waals surface area contributed by atoms with Crippen molar-refractivity contribution in [2.75, 3.05) is 19.7 Å². The maximum atomic E-state index is 13.6. The third kappa shape index (κ3) is 4.13. The number of halogens is 1. The molecule has 4 heteroatoms. The number of rotatable bonds is 4. The third-order valence-corrected chi connectivity index (χ3v) is 4.48. The average molecular weight is 327 g/mol. The van der Waals surface area contributed by atoms with Crippen LogP contribution < -0.4 is 4.74 Å². The lowest BCUT2D eigenvalue weighted by molar-refractivity contribution is -0.133. The molecule has 2 aromatic rings. The molecule has 1 aliphatic rings. The van der Waals surface area contributed by atoms with Gasteiger partial charge in [0.2, 0.25) is 0 Å². The summed E-state index contributed by atoms with van der Waals surface area (Å²) in [6.45, 7) is 1.31.